The second kappa shape index (κ2) is 7.81. The van der Waals surface area contributed by atoms with E-state index in [4.69, 9.17) is 16.7 Å². The van der Waals surface area contributed by atoms with Crippen LogP contribution in [0.25, 0.3) is 0 Å². The molecule has 2 rings (SSSR count). The smallest absolute Gasteiger partial charge is 0.306 e. The molecule has 1 aliphatic rings. The van der Waals surface area contributed by atoms with E-state index >= 15 is 0 Å². The zero-order valence-electron chi connectivity index (χ0n) is 12.5. The van der Waals surface area contributed by atoms with Crippen LogP contribution in [-0.4, -0.2) is 17.6 Å². The number of hydrogen-bond acceptors (Lipinski definition) is 2. The Hall–Kier alpha value is -1.06. The molecule has 0 aromatic heterocycles. The molecule has 0 spiro atoms. The van der Waals surface area contributed by atoms with Crippen LogP contribution >= 0.6 is 11.6 Å². The number of rotatable bonds is 6. The summed E-state index contributed by atoms with van der Waals surface area (Å²) in [7, 11) is 0. The molecule has 1 aromatic rings. The first-order valence-corrected chi connectivity index (χ1v) is 8.19. The van der Waals surface area contributed by atoms with E-state index in [9.17, 15) is 4.79 Å². The predicted molar refractivity (Wildman–Crippen MR) is 85.6 cm³/mol. The highest BCUT2D eigenvalue weighted by molar-refractivity contribution is 6.30. The highest BCUT2D eigenvalue weighted by Crippen LogP contribution is 2.29. The minimum atomic E-state index is -0.631. The molecule has 21 heavy (non-hydrogen) atoms. The van der Waals surface area contributed by atoms with Crippen molar-refractivity contribution in [2.75, 3.05) is 6.54 Å². The van der Waals surface area contributed by atoms with Crippen LogP contribution in [0.5, 0.6) is 0 Å². The minimum absolute atomic E-state index is 0.125. The number of nitrogens with one attached hydrogen (secondary N) is 1. The van der Waals surface area contributed by atoms with Gasteiger partial charge in [-0.1, -0.05) is 30.7 Å². The van der Waals surface area contributed by atoms with Gasteiger partial charge in [-0.05, 0) is 62.3 Å². The maximum absolute atomic E-state index is 11.0. The van der Waals surface area contributed by atoms with Crippen LogP contribution in [0.2, 0.25) is 5.02 Å². The number of benzene rings is 1. The zero-order chi connectivity index (χ0) is 15.2. The number of carbonyl (C=O) groups is 1. The summed E-state index contributed by atoms with van der Waals surface area (Å²) < 4.78 is 0. The van der Waals surface area contributed by atoms with Gasteiger partial charge in [0.05, 0.1) is 5.92 Å². The lowest BCUT2D eigenvalue weighted by molar-refractivity contribution is -0.143. The molecule has 116 valence electrons. The SMILES string of the molecule is CCC(NCC1CCC(C(=O)O)CC1)c1ccc(Cl)cc1. The van der Waals surface area contributed by atoms with Gasteiger partial charge < -0.3 is 10.4 Å². The van der Waals surface area contributed by atoms with Gasteiger partial charge in [-0.25, -0.2) is 0 Å². The molecule has 0 saturated heterocycles. The van der Waals surface area contributed by atoms with Gasteiger partial charge in [0.15, 0.2) is 0 Å². The average Bonchev–Trinajstić information content (AvgIpc) is 2.50. The van der Waals surface area contributed by atoms with E-state index in [1.165, 1.54) is 5.56 Å². The van der Waals surface area contributed by atoms with Crippen molar-refractivity contribution in [3.8, 4) is 0 Å². The Morgan fingerprint density at radius 3 is 2.43 bits per heavy atom. The van der Waals surface area contributed by atoms with E-state index in [0.717, 1.165) is 43.7 Å². The van der Waals surface area contributed by atoms with Crippen LogP contribution in [0.15, 0.2) is 24.3 Å². The highest BCUT2D eigenvalue weighted by Gasteiger charge is 2.26. The number of halogens is 1. The fraction of sp³-hybridized carbons (Fsp3) is 0.588. The van der Waals surface area contributed by atoms with Gasteiger partial charge in [-0.2, -0.15) is 0 Å². The van der Waals surface area contributed by atoms with Crippen LogP contribution in [0.4, 0.5) is 0 Å². The lowest BCUT2D eigenvalue weighted by Crippen LogP contribution is -2.31. The third kappa shape index (κ3) is 4.72. The number of hydrogen-bond donors (Lipinski definition) is 2. The Morgan fingerprint density at radius 1 is 1.29 bits per heavy atom. The molecule has 0 heterocycles. The van der Waals surface area contributed by atoms with E-state index in [1.807, 2.05) is 12.1 Å². The first-order chi connectivity index (χ1) is 10.1. The third-order valence-electron chi connectivity index (χ3n) is 4.53. The van der Waals surface area contributed by atoms with Crippen LogP contribution in [-0.2, 0) is 4.79 Å². The third-order valence-corrected chi connectivity index (χ3v) is 4.78. The van der Waals surface area contributed by atoms with E-state index in [-0.39, 0.29) is 5.92 Å². The molecular formula is C17H24ClNO2. The second-order valence-electron chi connectivity index (χ2n) is 5.98. The van der Waals surface area contributed by atoms with Gasteiger partial charge in [0.25, 0.3) is 0 Å². The average molecular weight is 310 g/mol. The topological polar surface area (TPSA) is 49.3 Å². The summed E-state index contributed by atoms with van der Waals surface area (Å²) in [5.74, 6) is -0.157. The molecular weight excluding hydrogens is 286 g/mol. The summed E-state index contributed by atoms with van der Waals surface area (Å²) in [5.41, 5.74) is 1.26. The van der Waals surface area contributed by atoms with Gasteiger partial charge in [-0.15, -0.1) is 0 Å². The molecule has 1 aromatic carbocycles. The Bertz CT molecular complexity index is 452. The largest absolute Gasteiger partial charge is 0.481 e. The summed E-state index contributed by atoms with van der Waals surface area (Å²) in [6.45, 7) is 3.14. The van der Waals surface area contributed by atoms with E-state index in [0.29, 0.717) is 12.0 Å². The minimum Gasteiger partial charge on any atom is -0.481 e. The maximum atomic E-state index is 11.0. The molecule has 0 aliphatic heterocycles. The van der Waals surface area contributed by atoms with Crippen molar-refractivity contribution in [3.05, 3.63) is 34.9 Å². The van der Waals surface area contributed by atoms with Gasteiger partial charge >= 0.3 is 5.97 Å². The first-order valence-electron chi connectivity index (χ1n) is 7.81. The lowest BCUT2D eigenvalue weighted by atomic mass is 9.82. The molecule has 2 N–H and O–H groups in total. The molecule has 4 heteroatoms. The summed E-state index contributed by atoms with van der Waals surface area (Å²) in [6.07, 6.45) is 4.70. The maximum Gasteiger partial charge on any atom is 0.306 e. The van der Waals surface area contributed by atoms with Gasteiger partial charge in [0, 0.05) is 11.1 Å². The summed E-state index contributed by atoms with van der Waals surface area (Å²) in [5, 5.41) is 13.4. The molecule has 0 bridgehead atoms. The Kier molecular flexibility index (Phi) is 6.07. The monoisotopic (exact) mass is 309 g/mol. The van der Waals surface area contributed by atoms with E-state index in [1.54, 1.807) is 0 Å². The summed E-state index contributed by atoms with van der Waals surface area (Å²) >= 11 is 5.93. The van der Waals surface area contributed by atoms with Crippen molar-refractivity contribution in [1.82, 2.24) is 5.32 Å². The van der Waals surface area contributed by atoms with E-state index in [2.05, 4.69) is 24.4 Å². The van der Waals surface area contributed by atoms with Crippen molar-refractivity contribution in [2.24, 2.45) is 11.8 Å². The Balaban J connectivity index is 1.81. The van der Waals surface area contributed by atoms with Gasteiger partial charge in [0.1, 0.15) is 0 Å². The number of carboxylic acids is 1. The number of aliphatic carboxylic acids is 1. The standard InChI is InChI=1S/C17H24ClNO2/c1-2-16(13-7-9-15(18)10-8-13)19-11-12-3-5-14(6-4-12)17(20)21/h7-10,12,14,16,19H,2-6,11H2,1H3,(H,20,21). The van der Waals surface area contributed by atoms with Gasteiger partial charge in [0.2, 0.25) is 0 Å². The van der Waals surface area contributed by atoms with Crippen molar-refractivity contribution >= 4 is 17.6 Å². The molecule has 1 fully saturated rings. The lowest BCUT2D eigenvalue weighted by Gasteiger charge is -2.28. The fourth-order valence-electron chi connectivity index (χ4n) is 3.12. The van der Waals surface area contributed by atoms with Crippen LogP contribution in [0, 0.1) is 11.8 Å². The van der Waals surface area contributed by atoms with Crippen molar-refractivity contribution < 1.29 is 9.90 Å². The van der Waals surface area contributed by atoms with Crippen LogP contribution < -0.4 is 5.32 Å². The van der Waals surface area contributed by atoms with Crippen LogP contribution in [0.3, 0.4) is 0 Å². The Labute approximate surface area is 131 Å². The van der Waals surface area contributed by atoms with Crippen molar-refractivity contribution in [1.29, 1.82) is 0 Å². The fourth-order valence-corrected chi connectivity index (χ4v) is 3.24. The molecule has 1 unspecified atom stereocenters. The van der Waals surface area contributed by atoms with E-state index < -0.39 is 5.97 Å². The molecule has 3 nitrogen and oxygen atoms in total. The summed E-state index contributed by atoms with van der Waals surface area (Å²) in [6, 6.07) is 8.35. The number of carboxylic acid groups (broad SMARTS) is 1. The quantitative estimate of drug-likeness (QED) is 0.825. The molecule has 1 aliphatic carbocycles. The van der Waals surface area contributed by atoms with Crippen molar-refractivity contribution in [2.45, 2.75) is 45.1 Å². The highest BCUT2D eigenvalue weighted by atomic mass is 35.5. The Morgan fingerprint density at radius 2 is 1.90 bits per heavy atom. The molecule has 0 radical (unpaired) electrons. The van der Waals surface area contributed by atoms with Gasteiger partial charge in [-0.3, -0.25) is 4.79 Å². The zero-order valence-corrected chi connectivity index (χ0v) is 13.3. The molecule has 1 saturated carbocycles. The van der Waals surface area contributed by atoms with Crippen molar-refractivity contribution in [3.63, 3.8) is 0 Å². The van der Waals surface area contributed by atoms with Crippen LogP contribution in [0.1, 0.15) is 50.6 Å². The first kappa shape index (κ1) is 16.3. The molecule has 0 amide bonds. The summed E-state index contributed by atoms with van der Waals surface area (Å²) in [4.78, 5) is 11.0. The normalized spacial score (nSPS) is 23.7. The molecule has 1 atom stereocenters. The second-order valence-corrected chi connectivity index (χ2v) is 6.41. The predicted octanol–water partition coefficient (Wildman–Crippen LogP) is 4.27.